The van der Waals surface area contributed by atoms with E-state index in [1.165, 1.54) is 11.8 Å². The van der Waals surface area contributed by atoms with E-state index < -0.39 is 17.8 Å². The van der Waals surface area contributed by atoms with Crippen LogP contribution >= 0.6 is 11.8 Å². The second kappa shape index (κ2) is 11.1. The zero-order valence-electron chi connectivity index (χ0n) is 20.2. The van der Waals surface area contributed by atoms with E-state index in [-0.39, 0.29) is 10.6 Å². The summed E-state index contributed by atoms with van der Waals surface area (Å²) in [6.07, 6.45) is 0.720. The summed E-state index contributed by atoms with van der Waals surface area (Å²) in [5.41, 5.74) is 2.64. The SMILES string of the molecule is CCCOC(=O)c1ccc(N2C(=O)C(Nc3ccc(OC)cc3)=C(Sc3ccc(C)cc3)C2=O)cc1. The maximum atomic E-state index is 13.5. The zero-order chi connectivity index (χ0) is 25.7. The van der Waals surface area contributed by atoms with Crippen molar-refractivity contribution in [2.24, 2.45) is 0 Å². The van der Waals surface area contributed by atoms with Crippen LogP contribution < -0.4 is 15.0 Å². The van der Waals surface area contributed by atoms with E-state index in [1.54, 1.807) is 55.6 Å². The van der Waals surface area contributed by atoms with Gasteiger partial charge in [0.2, 0.25) is 0 Å². The molecule has 0 aliphatic carbocycles. The Morgan fingerprint density at radius 3 is 2.19 bits per heavy atom. The third-order valence-corrected chi connectivity index (χ3v) is 6.53. The van der Waals surface area contributed by atoms with Crippen molar-refractivity contribution in [2.45, 2.75) is 25.2 Å². The Bertz CT molecular complexity index is 1300. The van der Waals surface area contributed by atoms with Crippen molar-refractivity contribution in [2.75, 3.05) is 23.9 Å². The zero-order valence-corrected chi connectivity index (χ0v) is 21.1. The fourth-order valence-electron chi connectivity index (χ4n) is 3.52. The average Bonchev–Trinajstić information content (AvgIpc) is 3.12. The van der Waals surface area contributed by atoms with Crippen LogP contribution in [0.15, 0.2) is 88.3 Å². The molecule has 1 heterocycles. The minimum Gasteiger partial charge on any atom is -0.497 e. The third-order valence-electron chi connectivity index (χ3n) is 5.44. The molecule has 0 atom stereocenters. The van der Waals surface area contributed by atoms with Crippen molar-refractivity contribution < 1.29 is 23.9 Å². The molecular formula is C28H26N2O5S. The summed E-state index contributed by atoms with van der Waals surface area (Å²) in [4.78, 5) is 41.4. The van der Waals surface area contributed by atoms with Crippen LogP contribution in [0.5, 0.6) is 5.75 Å². The van der Waals surface area contributed by atoms with E-state index in [1.807, 2.05) is 38.1 Å². The van der Waals surface area contributed by atoms with E-state index in [9.17, 15) is 14.4 Å². The van der Waals surface area contributed by atoms with Crippen molar-refractivity contribution >= 4 is 40.9 Å². The summed E-state index contributed by atoms with van der Waals surface area (Å²) in [5, 5.41) is 3.12. The molecule has 1 aliphatic rings. The smallest absolute Gasteiger partial charge is 0.338 e. The molecule has 1 N–H and O–H groups in total. The standard InChI is InChI=1S/C28H26N2O5S/c1-4-17-35-28(33)19-7-11-21(12-8-19)30-26(31)24(29-20-9-13-22(34-3)14-10-20)25(27(30)32)36-23-15-5-18(2)6-16-23/h5-16,29H,4,17H2,1-3H3. The highest BCUT2D eigenvalue weighted by Gasteiger charge is 2.40. The largest absolute Gasteiger partial charge is 0.497 e. The van der Waals surface area contributed by atoms with Crippen LogP contribution in [0.4, 0.5) is 11.4 Å². The van der Waals surface area contributed by atoms with Gasteiger partial charge in [-0.2, -0.15) is 0 Å². The number of anilines is 2. The molecule has 7 nitrogen and oxygen atoms in total. The molecule has 0 radical (unpaired) electrons. The van der Waals surface area contributed by atoms with Crippen LogP contribution in [0.25, 0.3) is 0 Å². The number of nitrogens with one attached hydrogen (secondary N) is 1. The van der Waals surface area contributed by atoms with E-state index in [4.69, 9.17) is 9.47 Å². The van der Waals surface area contributed by atoms with Crippen LogP contribution in [0.2, 0.25) is 0 Å². The number of thioether (sulfide) groups is 1. The summed E-state index contributed by atoms with van der Waals surface area (Å²) in [7, 11) is 1.58. The molecule has 0 bridgehead atoms. The first kappa shape index (κ1) is 25.1. The molecule has 0 saturated carbocycles. The van der Waals surface area contributed by atoms with E-state index in [0.29, 0.717) is 29.3 Å². The van der Waals surface area contributed by atoms with E-state index >= 15 is 0 Å². The fourth-order valence-corrected chi connectivity index (χ4v) is 4.44. The summed E-state index contributed by atoms with van der Waals surface area (Å²) < 4.78 is 10.4. The van der Waals surface area contributed by atoms with Gasteiger partial charge in [-0.15, -0.1) is 0 Å². The Labute approximate surface area is 214 Å². The number of carbonyl (C=O) groups is 3. The van der Waals surface area contributed by atoms with Crippen LogP contribution in [0, 0.1) is 6.92 Å². The molecule has 3 aromatic rings. The second-order valence-corrected chi connectivity index (χ2v) is 9.19. The van der Waals surface area contributed by atoms with Gasteiger partial charge in [-0.3, -0.25) is 9.59 Å². The number of rotatable bonds is 9. The first-order valence-corrected chi connectivity index (χ1v) is 12.3. The van der Waals surface area contributed by atoms with Gasteiger partial charge in [0.15, 0.2) is 0 Å². The molecule has 36 heavy (non-hydrogen) atoms. The quantitative estimate of drug-likeness (QED) is 0.303. The summed E-state index contributed by atoms with van der Waals surface area (Å²) in [6, 6.07) is 21.1. The number of hydrogen-bond acceptors (Lipinski definition) is 7. The number of aryl methyl sites for hydroxylation is 1. The van der Waals surface area contributed by atoms with Gasteiger partial charge in [0.25, 0.3) is 11.8 Å². The minimum absolute atomic E-state index is 0.183. The number of imide groups is 1. The maximum Gasteiger partial charge on any atom is 0.338 e. The molecule has 0 fully saturated rings. The van der Waals surface area contributed by atoms with Crippen molar-refractivity contribution in [3.05, 3.63) is 94.5 Å². The molecule has 184 valence electrons. The van der Waals surface area contributed by atoms with Crippen LogP contribution in [-0.2, 0) is 14.3 Å². The van der Waals surface area contributed by atoms with Crippen LogP contribution in [0.3, 0.4) is 0 Å². The van der Waals surface area contributed by atoms with Crippen LogP contribution in [-0.4, -0.2) is 31.5 Å². The Kier molecular flexibility index (Phi) is 7.75. The van der Waals surface area contributed by atoms with Gasteiger partial charge in [-0.25, -0.2) is 9.69 Å². The highest BCUT2D eigenvalue weighted by atomic mass is 32.2. The Hall–Kier alpha value is -4.04. The molecule has 0 saturated heterocycles. The average molecular weight is 503 g/mol. The van der Waals surface area contributed by atoms with E-state index in [2.05, 4.69) is 5.32 Å². The number of ether oxygens (including phenoxy) is 2. The molecule has 0 unspecified atom stereocenters. The molecular weight excluding hydrogens is 476 g/mol. The van der Waals surface area contributed by atoms with Gasteiger partial charge < -0.3 is 14.8 Å². The number of hydrogen-bond donors (Lipinski definition) is 1. The summed E-state index contributed by atoms with van der Waals surface area (Å²) in [6.45, 7) is 4.23. The highest BCUT2D eigenvalue weighted by Crippen LogP contribution is 2.38. The first-order valence-electron chi connectivity index (χ1n) is 11.5. The predicted octanol–water partition coefficient (Wildman–Crippen LogP) is 5.56. The molecule has 8 heteroatoms. The fraction of sp³-hybridized carbons (Fsp3) is 0.179. The second-order valence-electron chi connectivity index (χ2n) is 8.10. The van der Waals surface area contributed by atoms with Crippen molar-refractivity contribution in [3.8, 4) is 5.75 Å². The minimum atomic E-state index is -0.480. The number of amides is 2. The Morgan fingerprint density at radius 1 is 0.917 bits per heavy atom. The van der Waals surface area contributed by atoms with Gasteiger partial charge in [0.1, 0.15) is 16.4 Å². The topological polar surface area (TPSA) is 84.9 Å². The Balaban J connectivity index is 1.65. The third kappa shape index (κ3) is 5.44. The van der Waals surface area contributed by atoms with Gasteiger partial charge in [0.05, 0.1) is 25.0 Å². The lowest BCUT2D eigenvalue weighted by atomic mass is 10.2. The number of methoxy groups -OCH3 is 1. The van der Waals surface area contributed by atoms with Crippen LogP contribution in [0.1, 0.15) is 29.3 Å². The predicted molar refractivity (Wildman–Crippen MR) is 140 cm³/mol. The lowest BCUT2D eigenvalue weighted by molar-refractivity contribution is -0.120. The highest BCUT2D eigenvalue weighted by molar-refractivity contribution is 8.04. The first-order chi connectivity index (χ1) is 17.4. The molecule has 1 aliphatic heterocycles. The van der Waals surface area contributed by atoms with Crippen molar-refractivity contribution in [1.82, 2.24) is 0 Å². The van der Waals surface area contributed by atoms with Gasteiger partial charge >= 0.3 is 5.97 Å². The molecule has 4 rings (SSSR count). The number of carbonyl (C=O) groups excluding carboxylic acids is 3. The van der Waals surface area contributed by atoms with Gasteiger partial charge in [0, 0.05) is 10.6 Å². The lowest BCUT2D eigenvalue weighted by Gasteiger charge is -2.16. The number of esters is 1. The monoisotopic (exact) mass is 502 g/mol. The summed E-state index contributed by atoms with van der Waals surface area (Å²) in [5.74, 6) is -0.690. The number of benzene rings is 3. The molecule has 0 aromatic heterocycles. The van der Waals surface area contributed by atoms with Gasteiger partial charge in [-0.05, 0) is 74.0 Å². The summed E-state index contributed by atoms with van der Waals surface area (Å²) >= 11 is 1.23. The van der Waals surface area contributed by atoms with E-state index in [0.717, 1.165) is 21.8 Å². The van der Waals surface area contributed by atoms with Crippen molar-refractivity contribution in [3.63, 3.8) is 0 Å². The molecule has 0 spiro atoms. The normalized spacial score (nSPS) is 13.2. The van der Waals surface area contributed by atoms with Gasteiger partial charge in [-0.1, -0.05) is 36.4 Å². The maximum absolute atomic E-state index is 13.5. The Morgan fingerprint density at radius 2 is 1.58 bits per heavy atom. The number of nitrogens with zero attached hydrogens (tertiary/aromatic N) is 1. The molecule has 2 amide bonds. The van der Waals surface area contributed by atoms with Crippen molar-refractivity contribution in [1.29, 1.82) is 0 Å². The molecule has 3 aromatic carbocycles. The lowest BCUT2D eigenvalue weighted by Crippen LogP contribution is -2.32.